The molecule has 1 amide bonds. The molecule has 0 heterocycles. The highest BCUT2D eigenvalue weighted by Crippen LogP contribution is 2.60. The molecule has 0 aromatic rings. The fourth-order valence-corrected chi connectivity index (χ4v) is 5.96. The largest absolute Gasteiger partial charge is 0.445 e. The van der Waals surface area contributed by atoms with Gasteiger partial charge in [0.2, 0.25) is 5.91 Å². The number of carbonyl (C=O) groups excluding carboxylic acids is 2. The molecule has 0 radical (unpaired) electrons. The molecule has 4 rings (SSSR count). The van der Waals surface area contributed by atoms with E-state index in [1.807, 2.05) is 0 Å². The van der Waals surface area contributed by atoms with E-state index >= 15 is 0 Å². The third-order valence-corrected chi connectivity index (χ3v) is 7.23. The van der Waals surface area contributed by atoms with E-state index in [1.165, 1.54) is 0 Å². The number of amides is 1. The van der Waals surface area contributed by atoms with Crippen LogP contribution in [-0.4, -0.2) is 48.9 Å². The monoisotopic (exact) mass is 463 g/mol. The van der Waals surface area contributed by atoms with Gasteiger partial charge in [0, 0.05) is 12.0 Å². The third kappa shape index (κ3) is 4.41. The van der Waals surface area contributed by atoms with Crippen molar-refractivity contribution in [1.82, 2.24) is 5.32 Å². The van der Waals surface area contributed by atoms with Gasteiger partial charge >= 0.3 is 27.5 Å². The molecule has 4 aliphatic rings. The van der Waals surface area contributed by atoms with Crippen LogP contribution in [0.3, 0.4) is 0 Å². The lowest BCUT2D eigenvalue weighted by atomic mass is 9.49. The van der Waals surface area contributed by atoms with Crippen molar-refractivity contribution in [1.29, 1.82) is 0 Å². The van der Waals surface area contributed by atoms with E-state index in [0.717, 1.165) is 19.3 Å². The molecule has 30 heavy (non-hydrogen) atoms. The van der Waals surface area contributed by atoms with E-state index in [0.29, 0.717) is 37.0 Å². The smallest absolute Gasteiger partial charge is 0.432 e. The predicted molar refractivity (Wildman–Crippen MR) is 90.7 cm³/mol. The minimum atomic E-state index is -6.49. The summed E-state index contributed by atoms with van der Waals surface area (Å²) >= 11 is 0. The Morgan fingerprint density at radius 1 is 1.03 bits per heavy atom. The number of rotatable bonds is 7. The Bertz CT molecular complexity index is 777. The molecule has 4 saturated carbocycles. The second kappa shape index (κ2) is 7.57. The van der Waals surface area contributed by atoms with Crippen molar-refractivity contribution in [3.8, 4) is 0 Å². The van der Waals surface area contributed by atoms with Gasteiger partial charge in [0.05, 0.1) is 6.42 Å². The minimum Gasteiger partial charge on any atom is -0.445 e. The molecule has 0 aliphatic heterocycles. The Morgan fingerprint density at radius 3 is 1.90 bits per heavy atom. The zero-order valence-electron chi connectivity index (χ0n) is 15.8. The number of esters is 1. The molecule has 4 aliphatic carbocycles. The summed E-state index contributed by atoms with van der Waals surface area (Å²) in [4.78, 5) is 24.3. The van der Waals surface area contributed by atoms with Crippen molar-refractivity contribution in [3.05, 3.63) is 0 Å². The van der Waals surface area contributed by atoms with Crippen molar-refractivity contribution in [2.24, 2.45) is 23.2 Å². The van der Waals surface area contributed by atoms with Gasteiger partial charge in [0.25, 0.3) is 6.10 Å². The zero-order valence-corrected chi connectivity index (χ0v) is 16.6. The van der Waals surface area contributed by atoms with Crippen LogP contribution in [0, 0.1) is 23.2 Å². The molecule has 0 spiro atoms. The van der Waals surface area contributed by atoms with Gasteiger partial charge in [-0.05, 0) is 56.3 Å². The number of halogens is 5. The standard InChI is InChI=1S/C17H22F5NO6S/c18-16(19,20)13(17(21,22)30(26,27)28)29-12(24)1-2-23-14(25)15-6-9-3-10(7-15)5-11(4-9)8-15/h9-11,13H,1-8H2,(H,23,25)(H,26,27,28). The number of ether oxygens (including phenoxy) is 1. The Balaban J connectivity index is 1.56. The maximum absolute atomic E-state index is 13.4. The summed E-state index contributed by atoms with van der Waals surface area (Å²) in [5.74, 6) is -0.719. The van der Waals surface area contributed by atoms with E-state index in [1.54, 1.807) is 0 Å². The lowest BCUT2D eigenvalue weighted by Gasteiger charge is -2.55. The van der Waals surface area contributed by atoms with Crippen LogP contribution in [0.5, 0.6) is 0 Å². The van der Waals surface area contributed by atoms with Crippen LogP contribution in [-0.2, 0) is 24.4 Å². The summed E-state index contributed by atoms with van der Waals surface area (Å²) < 4.78 is 98.3. The fraction of sp³-hybridized carbons (Fsp3) is 0.882. The highest BCUT2D eigenvalue weighted by Gasteiger charge is 2.66. The molecule has 7 nitrogen and oxygen atoms in total. The normalized spacial score (nSPS) is 32.0. The number of alkyl halides is 5. The first-order chi connectivity index (χ1) is 13.6. The number of hydrogen-bond donors (Lipinski definition) is 2. The summed E-state index contributed by atoms with van der Waals surface area (Å²) in [5, 5.41) is -3.30. The van der Waals surface area contributed by atoms with Crippen LogP contribution >= 0.6 is 0 Å². The number of hydrogen-bond acceptors (Lipinski definition) is 5. The van der Waals surface area contributed by atoms with Crippen LogP contribution in [0.1, 0.15) is 44.9 Å². The molecule has 0 aromatic heterocycles. The van der Waals surface area contributed by atoms with E-state index < -0.39 is 52.0 Å². The molecular formula is C17H22F5NO6S. The van der Waals surface area contributed by atoms with Gasteiger partial charge in [-0.1, -0.05) is 0 Å². The second-order valence-electron chi connectivity index (χ2n) is 8.65. The summed E-state index contributed by atoms with van der Waals surface area (Å²) in [6, 6.07) is 0. The Hall–Kier alpha value is -1.50. The summed E-state index contributed by atoms with van der Waals surface area (Å²) in [6.07, 6.45) is -5.79. The van der Waals surface area contributed by atoms with Gasteiger partial charge in [0.15, 0.2) is 0 Å². The molecule has 13 heteroatoms. The third-order valence-electron chi connectivity index (χ3n) is 6.33. The highest BCUT2D eigenvalue weighted by atomic mass is 32.2. The molecule has 1 atom stereocenters. The van der Waals surface area contributed by atoms with E-state index in [4.69, 9.17) is 4.55 Å². The molecule has 172 valence electrons. The van der Waals surface area contributed by atoms with Gasteiger partial charge in [-0.2, -0.15) is 30.4 Å². The van der Waals surface area contributed by atoms with Gasteiger partial charge in [-0.15, -0.1) is 0 Å². The zero-order chi connectivity index (χ0) is 22.5. The Labute approximate surface area is 169 Å². The van der Waals surface area contributed by atoms with Gasteiger partial charge in [-0.3, -0.25) is 14.1 Å². The van der Waals surface area contributed by atoms with Crippen molar-refractivity contribution in [2.45, 2.75) is 62.5 Å². The molecule has 1 unspecified atom stereocenters. The first-order valence-corrected chi connectivity index (χ1v) is 11.0. The molecule has 0 aromatic carbocycles. The molecular weight excluding hydrogens is 441 g/mol. The van der Waals surface area contributed by atoms with E-state index in [9.17, 15) is 40.0 Å². The molecule has 0 saturated heterocycles. The van der Waals surface area contributed by atoms with Crippen LogP contribution in [0.15, 0.2) is 0 Å². The topological polar surface area (TPSA) is 110 Å². The number of carbonyl (C=O) groups is 2. The van der Waals surface area contributed by atoms with Crippen molar-refractivity contribution in [3.63, 3.8) is 0 Å². The Kier molecular flexibility index (Phi) is 5.85. The SMILES string of the molecule is O=C(CCNC(=O)C12CC3CC(CC(C3)C1)C2)OC(C(F)(F)F)C(F)(F)S(=O)(=O)O. The van der Waals surface area contributed by atoms with Gasteiger partial charge < -0.3 is 10.1 Å². The fourth-order valence-electron chi connectivity index (χ4n) is 5.51. The van der Waals surface area contributed by atoms with Gasteiger partial charge in [0.1, 0.15) is 0 Å². The molecule has 4 fully saturated rings. The summed E-state index contributed by atoms with van der Waals surface area (Å²) in [7, 11) is -6.49. The quantitative estimate of drug-likeness (QED) is 0.341. The van der Waals surface area contributed by atoms with Crippen LogP contribution in [0.4, 0.5) is 22.0 Å². The maximum atomic E-state index is 13.4. The lowest BCUT2D eigenvalue weighted by Crippen LogP contribution is -2.54. The first-order valence-electron chi connectivity index (χ1n) is 9.53. The average Bonchev–Trinajstić information content (AvgIpc) is 2.56. The lowest BCUT2D eigenvalue weighted by molar-refractivity contribution is -0.259. The van der Waals surface area contributed by atoms with Crippen molar-refractivity contribution in [2.75, 3.05) is 6.54 Å². The number of nitrogens with one attached hydrogen (secondary N) is 1. The van der Waals surface area contributed by atoms with Crippen molar-refractivity contribution >= 4 is 22.0 Å². The Morgan fingerprint density at radius 2 is 1.50 bits per heavy atom. The molecule has 4 bridgehead atoms. The summed E-state index contributed by atoms with van der Waals surface area (Å²) in [5.41, 5.74) is -0.564. The van der Waals surface area contributed by atoms with E-state index in [-0.39, 0.29) is 5.91 Å². The maximum Gasteiger partial charge on any atom is 0.432 e. The average molecular weight is 463 g/mol. The van der Waals surface area contributed by atoms with Crippen LogP contribution in [0.25, 0.3) is 0 Å². The van der Waals surface area contributed by atoms with Crippen LogP contribution < -0.4 is 5.32 Å². The van der Waals surface area contributed by atoms with Gasteiger partial charge in [-0.25, -0.2) is 0 Å². The van der Waals surface area contributed by atoms with E-state index in [2.05, 4.69) is 10.1 Å². The van der Waals surface area contributed by atoms with Crippen LogP contribution in [0.2, 0.25) is 0 Å². The highest BCUT2D eigenvalue weighted by molar-refractivity contribution is 7.86. The second-order valence-corrected chi connectivity index (χ2v) is 10.1. The predicted octanol–water partition coefficient (Wildman–Crippen LogP) is 2.66. The minimum absolute atomic E-state index is 0.315. The summed E-state index contributed by atoms with van der Waals surface area (Å²) in [6.45, 7) is -0.443. The first kappa shape index (κ1) is 23.2. The molecule has 2 N–H and O–H groups in total. The van der Waals surface area contributed by atoms with Crippen molar-refractivity contribution < 1.29 is 49.2 Å².